The number of hydrogen-bond donors (Lipinski definition) is 0. The largest absolute Gasteiger partial charge is 0.262 e. The van der Waals surface area contributed by atoms with E-state index in [1.165, 1.54) is 28.6 Å². The van der Waals surface area contributed by atoms with E-state index in [4.69, 9.17) is 10.7 Å². The van der Waals surface area contributed by atoms with Crippen molar-refractivity contribution in [2.24, 2.45) is 0 Å². The molecule has 0 N–H and O–H groups in total. The van der Waals surface area contributed by atoms with Gasteiger partial charge in [0.2, 0.25) is 10.0 Å². The third-order valence-electron chi connectivity index (χ3n) is 3.50. The predicted octanol–water partition coefficient (Wildman–Crippen LogP) is 2.18. The van der Waals surface area contributed by atoms with Gasteiger partial charge >= 0.3 is 0 Å². The molecular formula is C12H16ClNO4S2. The molecule has 0 amide bonds. The standard InChI is InChI=1S/C12H16ClNO4S2/c1-12(2)8-5-9-14(12)20(17,18)11-7-4-3-6-10(11)19(13,15)16/h3-4,6-7H,5,8-9H2,1-2H3. The Bertz CT molecular complexity index is 726. The molecule has 0 spiro atoms. The van der Waals surface area contributed by atoms with Gasteiger partial charge in [0, 0.05) is 22.8 Å². The minimum Gasteiger partial charge on any atom is -0.207 e. The van der Waals surface area contributed by atoms with Crippen LogP contribution in [0.2, 0.25) is 0 Å². The molecule has 0 radical (unpaired) electrons. The molecule has 1 aliphatic heterocycles. The van der Waals surface area contributed by atoms with E-state index in [1.807, 2.05) is 13.8 Å². The predicted molar refractivity (Wildman–Crippen MR) is 76.7 cm³/mol. The maximum atomic E-state index is 12.7. The van der Waals surface area contributed by atoms with Gasteiger partial charge in [0.25, 0.3) is 9.05 Å². The van der Waals surface area contributed by atoms with E-state index >= 15 is 0 Å². The van der Waals surface area contributed by atoms with Crippen molar-refractivity contribution < 1.29 is 16.8 Å². The van der Waals surface area contributed by atoms with E-state index in [9.17, 15) is 16.8 Å². The Kier molecular flexibility index (Phi) is 3.92. The maximum Gasteiger partial charge on any atom is 0.262 e. The van der Waals surface area contributed by atoms with Gasteiger partial charge in [-0.15, -0.1) is 0 Å². The highest BCUT2D eigenvalue weighted by Gasteiger charge is 2.42. The van der Waals surface area contributed by atoms with Crippen LogP contribution < -0.4 is 0 Å². The van der Waals surface area contributed by atoms with Crippen LogP contribution in [-0.4, -0.2) is 33.2 Å². The molecule has 0 aliphatic carbocycles. The fourth-order valence-corrected chi connectivity index (χ4v) is 6.17. The summed E-state index contributed by atoms with van der Waals surface area (Å²) >= 11 is 0. The number of sulfonamides is 1. The van der Waals surface area contributed by atoms with E-state index in [0.717, 1.165) is 12.8 Å². The number of halogens is 1. The van der Waals surface area contributed by atoms with E-state index < -0.39 is 24.6 Å². The molecule has 5 nitrogen and oxygen atoms in total. The van der Waals surface area contributed by atoms with Gasteiger partial charge in [-0.2, -0.15) is 4.31 Å². The first-order valence-corrected chi connectivity index (χ1v) is 9.88. The lowest BCUT2D eigenvalue weighted by molar-refractivity contribution is 0.291. The van der Waals surface area contributed by atoms with Gasteiger partial charge < -0.3 is 0 Å². The molecule has 1 saturated heterocycles. The van der Waals surface area contributed by atoms with Crippen molar-refractivity contribution in [1.29, 1.82) is 0 Å². The van der Waals surface area contributed by atoms with E-state index in [1.54, 1.807) is 0 Å². The second kappa shape index (κ2) is 4.98. The molecule has 0 saturated carbocycles. The molecule has 0 bridgehead atoms. The summed E-state index contributed by atoms with van der Waals surface area (Å²) in [5.74, 6) is 0. The fraction of sp³-hybridized carbons (Fsp3) is 0.500. The molecule has 112 valence electrons. The third kappa shape index (κ3) is 2.72. The monoisotopic (exact) mass is 337 g/mol. The Balaban J connectivity index is 2.63. The van der Waals surface area contributed by atoms with Crippen LogP contribution in [0, 0.1) is 0 Å². The number of hydrogen-bond acceptors (Lipinski definition) is 4. The van der Waals surface area contributed by atoms with Gasteiger partial charge in [0.05, 0.1) is 0 Å². The molecule has 0 aromatic heterocycles. The molecule has 1 aromatic rings. The van der Waals surface area contributed by atoms with E-state index in [2.05, 4.69) is 0 Å². The number of rotatable bonds is 3. The van der Waals surface area contributed by atoms with Crippen molar-refractivity contribution in [3.63, 3.8) is 0 Å². The summed E-state index contributed by atoms with van der Waals surface area (Å²) in [5, 5.41) is 0. The molecule has 8 heteroatoms. The summed E-state index contributed by atoms with van der Waals surface area (Å²) in [5.41, 5.74) is -0.526. The molecule has 0 atom stereocenters. The van der Waals surface area contributed by atoms with Crippen LogP contribution in [0.5, 0.6) is 0 Å². The lowest BCUT2D eigenvalue weighted by Crippen LogP contribution is -2.42. The van der Waals surface area contributed by atoms with Crippen molar-refractivity contribution >= 4 is 29.8 Å². The Morgan fingerprint density at radius 3 is 2.10 bits per heavy atom. The molecule has 1 aromatic carbocycles. The summed E-state index contributed by atoms with van der Waals surface area (Å²) in [6.07, 6.45) is 1.49. The average molecular weight is 338 g/mol. The first-order chi connectivity index (χ1) is 9.07. The topological polar surface area (TPSA) is 71.5 Å². The van der Waals surface area contributed by atoms with Crippen molar-refractivity contribution in [2.75, 3.05) is 6.54 Å². The maximum absolute atomic E-state index is 12.7. The smallest absolute Gasteiger partial charge is 0.207 e. The van der Waals surface area contributed by atoms with Crippen molar-refractivity contribution in [2.45, 2.75) is 42.0 Å². The zero-order chi connectivity index (χ0) is 15.2. The second-order valence-electron chi connectivity index (χ2n) is 5.38. The first-order valence-electron chi connectivity index (χ1n) is 6.13. The van der Waals surface area contributed by atoms with Gasteiger partial charge in [0.1, 0.15) is 9.79 Å². The van der Waals surface area contributed by atoms with Crippen molar-refractivity contribution in [3.05, 3.63) is 24.3 Å². The molecule has 20 heavy (non-hydrogen) atoms. The van der Waals surface area contributed by atoms with Crippen LogP contribution in [0.4, 0.5) is 0 Å². The molecule has 1 heterocycles. The van der Waals surface area contributed by atoms with Gasteiger partial charge in [-0.3, -0.25) is 0 Å². The highest BCUT2D eigenvalue weighted by molar-refractivity contribution is 8.14. The molecule has 1 fully saturated rings. The van der Waals surface area contributed by atoms with Crippen LogP contribution in [0.25, 0.3) is 0 Å². The highest BCUT2D eigenvalue weighted by Crippen LogP contribution is 2.36. The fourth-order valence-electron chi connectivity index (χ4n) is 2.51. The van der Waals surface area contributed by atoms with Gasteiger partial charge in [-0.1, -0.05) is 12.1 Å². The quantitative estimate of drug-likeness (QED) is 0.792. The van der Waals surface area contributed by atoms with Crippen LogP contribution in [0.15, 0.2) is 34.1 Å². The molecule has 1 aliphatic rings. The van der Waals surface area contributed by atoms with Crippen molar-refractivity contribution in [1.82, 2.24) is 4.31 Å². The minimum atomic E-state index is -4.12. The summed E-state index contributed by atoms with van der Waals surface area (Å²) in [6.45, 7) is 4.04. The zero-order valence-corrected chi connectivity index (χ0v) is 13.6. The Morgan fingerprint density at radius 2 is 1.65 bits per heavy atom. The normalized spacial score (nSPS) is 20.1. The summed E-state index contributed by atoms with van der Waals surface area (Å²) in [7, 11) is -2.67. The van der Waals surface area contributed by atoms with Gasteiger partial charge in [-0.05, 0) is 38.8 Å². The number of benzene rings is 1. The van der Waals surface area contributed by atoms with Gasteiger partial charge in [-0.25, -0.2) is 16.8 Å². The summed E-state index contributed by atoms with van der Waals surface area (Å²) in [6, 6.07) is 5.42. The van der Waals surface area contributed by atoms with E-state index in [0.29, 0.717) is 6.54 Å². The molecule has 0 unspecified atom stereocenters. The average Bonchev–Trinajstić information content (AvgIpc) is 2.68. The van der Waals surface area contributed by atoms with E-state index in [-0.39, 0.29) is 9.79 Å². The Labute approximate surface area is 124 Å². The molecule has 2 rings (SSSR count). The lowest BCUT2D eigenvalue weighted by atomic mass is 10.0. The third-order valence-corrected chi connectivity index (χ3v) is 7.18. The highest BCUT2D eigenvalue weighted by atomic mass is 35.7. The minimum absolute atomic E-state index is 0.259. The lowest BCUT2D eigenvalue weighted by Gasteiger charge is -2.30. The molecular weight excluding hydrogens is 322 g/mol. The SMILES string of the molecule is CC1(C)CCCN1S(=O)(=O)c1ccccc1S(=O)(=O)Cl. The first kappa shape index (κ1) is 15.8. The van der Waals surface area contributed by atoms with Crippen LogP contribution in [-0.2, 0) is 19.1 Å². The Hall–Kier alpha value is -0.630. The van der Waals surface area contributed by atoms with Crippen LogP contribution >= 0.6 is 10.7 Å². The Morgan fingerprint density at radius 1 is 1.10 bits per heavy atom. The second-order valence-corrected chi connectivity index (χ2v) is 9.74. The zero-order valence-electron chi connectivity index (χ0n) is 11.2. The summed E-state index contributed by atoms with van der Waals surface area (Å²) in [4.78, 5) is -0.630. The van der Waals surface area contributed by atoms with Crippen LogP contribution in [0.1, 0.15) is 26.7 Å². The summed E-state index contributed by atoms with van der Waals surface area (Å²) < 4.78 is 49.9. The van der Waals surface area contributed by atoms with Crippen molar-refractivity contribution in [3.8, 4) is 0 Å². The van der Waals surface area contributed by atoms with Gasteiger partial charge in [0.15, 0.2) is 0 Å². The number of nitrogens with zero attached hydrogens (tertiary/aromatic N) is 1. The van der Waals surface area contributed by atoms with Crippen LogP contribution in [0.3, 0.4) is 0 Å².